The van der Waals surface area contributed by atoms with Crippen molar-refractivity contribution in [3.63, 3.8) is 0 Å². The van der Waals surface area contributed by atoms with E-state index in [-0.39, 0.29) is 24.8 Å². The van der Waals surface area contributed by atoms with Gasteiger partial charge in [0.25, 0.3) is 0 Å². The first-order valence-electron chi connectivity index (χ1n) is 5.62. The van der Waals surface area contributed by atoms with Crippen LogP contribution in [-0.4, -0.2) is 62.9 Å². The molecule has 2 N–H and O–H groups in total. The monoisotopic (exact) mass is 271 g/mol. The standard InChI is InChI=1S/C10H21N3O.2ClH/c1-9-8-14-5-4-13(9)7-10-6-11-2-3-12-10;;/h9-12H,2-8H2,1H3;2*1H/t9-,10+;;/m0../s1. The summed E-state index contributed by atoms with van der Waals surface area (Å²) in [5, 5.41) is 6.96. The van der Waals surface area contributed by atoms with Gasteiger partial charge in [0.2, 0.25) is 0 Å². The van der Waals surface area contributed by atoms with Gasteiger partial charge in [0.05, 0.1) is 13.2 Å². The van der Waals surface area contributed by atoms with Crippen molar-refractivity contribution in [3.8, 4) is 0 Å². The van der Waals surface area contributed by atoms with Crippen LogP contribution in [0.25, 0.3) is 0 Å². The average Bonchev–Trinajstić information content (AvgIpc) is 2.23. The summed E-state index contributed by atoms with van der Waals surface area (Å²) in [5.41, 5.74) is 0. The highest BCUT2D eigenvalue weighted by Gasteiger charge is 2.22. The molecule has 0 amide bonds. The normalized spacial score (nSPS) is 31.3. The van der Waals surface area contributed by atoms with Crippen molar-refractivity contribution in [2.24, 2.45) is 0 Å². The molecule has 2 saturated heterocycles. The Labute approximate surface area is 110 Å². The molecule has 0 aromatic rings. The van der Waals surface area contributed by atoms with Gasteiger partial charge < -0.3 is 15.4 Å². The van der Waals surface area contributed by atoms with E-state index in [0.29, 0.717) is 12.1 Å². The molecule has 0 unspecified atom stereocenters. The molecule has 2 aliphatic heterocycles. The first-order chi connectivity index (χ1) is 6.86. The van der Waals surface area contributed by atoms with Gasteiger partial charge >= 0.3 is 0 Å². The topological polar surface area (TPSA) is 36.5 Å². The minimum Gasteiger partial charge on any atom is -0.379 e. The summed E-state index contributed by atoms with van der Waals surface area (Å²) in [6.45, 7) is 9.57. The second-order valence-corrected chi connectivity index (χ2v) is 4.27. The van der Waals surface area contributed by atoms with Crippen LogP contribution in [-0.2, 0) is 4.74 Å². The van der Waals surface area contributed by atoms with Crippen molar-refractivity contribution in [1.29, 1.82) is 0 Å². The van der Waals surface area contributed by atoms with E-state index in [2.05, 4.69) is 22.5 Å². The zero-order chi connectivity index (χ0) is 9.80. The summed E-state index contributed by atoms with van der Waals surface area (Å²) >= 11 is 0. The third-order valence-corrected chi connectivity index (χ3v) is 3.09. The van der Waals surface area contributed by atoms with Crippen LogP contribution in [0.5, 0.6) is 0 Å². The maximum absolute atomic E-state index is 5.42. The van der Waals surface area contributed by atoms with Crippen molar-refractivity contribution in [2.45, 2.75) is 19.0 Å². The third kappa shape index (κ3) is 4.73. The highest BCUT2D eigenvalue weighted by atomic mass is 35.5. The molecule has 16 heavy (non-hydrogen) atoms. The lowest BCUT2D eigenvalue weighted by atomic mass is 10.2. The van der Waals surface area contributed by atoms with Gasteiger partial charge in [-0.05, 0) is 6.92 Å². The third-order valence-electron chi connectivity index (χ3n) is 3.09. The lowest BCUT2D eigenvalue weighted by Crippen LogP contribution is -2.56. The number of ether oxygens (including phenoxy) is 1. The van der Waals surface area contributed by atoms with Crippen molar-refractivity contribution in [3.05, 3.63) is 0 Å². The SMILES string of the molecule is C[C@H]1COCCN1C[C@H]1CNCCN1.Cl.Cl. The van der Waals surface area contributed by atoms with Crippen molar-refractivity contribution in [1.82, 2.24) is 15.5 Å². The molecular weight excluding hydrogens is 249 g/mol. The zero-order valence-electron chi connectivity index (χ0n) is 9.78. The van der Waals surface area contributed by atoms with Gasteiger partial charge in [-0.15, -0.1) is 24.8 Å². The Morgan fingerprint density at radius 2 is 2.12 bits per heavy atom. The maximum Gasteiger partial charge on any atom is 0.0619 e. The molecule has 0 radical (unpaired) electrons. The van der Waals surface area contributed by atoms with E-state index < -0.39 is 0 Å². The van der Waals surface area contributed by atoms with Gasteiger partial charge in [0.1, 0.15) is 0 Å². The minimum atomic E-state index is 0. The Hall–Kier alpha value is 0.420. The largest absolute Gasteiger partial charge is 0.379 e. The molecule has 2 aliphatic rings. The Kier molecular flexibility index (Phi) is 8.73. The molecule has 2 fully saturated rings. The summed E-state index contributed by atoms with van der Waals surface area (Å²) in [5.74, 6) is 0. The molecule has 98 valence electrons. The smallest absolute Gasteiger partial charge is 0.0619 e. The molecule has 0 aromatic carbocycles. The van der Waals surface area contributed by atoms with E-state index in [4.69, 9.17) is 4.74 Å². The van der Waals surface area contributed by atoms with Gasteiger partial charge in [-0.2, -0.15) is 0 Å². The molecule has 2 rings (SSSR count). The fourth-order valence-electron chi connectivity index (χ4n) is 2.16. The number of hydrogen-bond acceptors (Lipinski definition) is 4. The van der Waals surface area contributed by atoms with Crippen LogP contribution in [0.3, 0.4) is 0 Å². The van der Waals surface area contributed by atoms with E-state index in [1.807, 2.05) is 0 Å². The fraction of sp³-hybridized carbons (Fsp3) is 1.00. The Balaban J connectivity index is 0.00000112. The zero-order valence-corrected chi connectivity index (χ0v) is 11.4. The number of hydrogen-bond donors (Lipinski definition) is 2. The number of rotatable bonds is 2. The molecule has 0 saturated carbocycles. The predicted octanol–water partition coefficient (Wildman–Crippen LogP) is 0.112. The van der Waals surface area contributed by atoms with E-state index in [0.717, 1.165) is 45.9 Å². The van der Waals surface area contributed by atoms with Crippen LogP contribution in [0, 0.1) is 0 Å². The molecule has 2 heterocycles. The van der Waals surface area contributed by atoms with Gasteiger partial charge in [-0.3, -0.25) is 4.90 Å². The van der Waals surface area contributed by atoms with Crippen LogP contribution in [0.15, 0.2) is 0 Å². The molecule has 6 heteroatoms. The number of piperazine rings is 1. The van der Waals surface area contributed by atoms with Crippen molar-refractivity contribution in [2.75, 3.05) is 45.9 Å². The first-order valence-corrected chi connectivity index (χ1v) is 5.62. The highest BCUT2D eigenvalue weighted by Crippen LogP contribution is 2.06. The van der Waals surface area contributed by atoms with E-state index in [1.54, 1.807) is 0 Å². The average molecular weight is 272 g/mol. The van der Waals surface area contributed by atoms with Gasteiger partial charge in [0.15, 0.2) is 0 Å². The highest BCUT2D eigenvalue weighted by molar-refractivity contribution is 5.85. The summed E-state index contributed by atoms with van der Waals surface area (Å²) in [4.78, 5) is 2.52. The first kappa shape index (κ1) is 16.4. The molecule has 2 atom stereocenters. The summed E-state index contributed by atoms with van der Waals surface area (Å²) < 4.78 is 5.42. The second kappa shape index (κ2) is 8.50. The Morgan fingerprint density at radius 3 is 2.75 bits per heavy atom. The number of nitrogens with zero attached hydrogens (tertiary/aromatic N) is 1. The van der Waals surface area contributed by atoms with Crippen LogP contribution < -0.4 is 10.6 Å². The van der Waals surface area contributed by atoms with Crippen molar-refractivity contribution >= 4 is 24.8 Å². The van der Waals surface area contributed by atoms with Crippen LogP contribution >= 0.6 is 24.8 Å². The molecule has 0 aliphatic carbocycles. The predicted molar refractivity (Wildman–Crippen MR) is 71.0 cm³/mol. The van der Waals surface area contributed by atoms with Crippen LogP contribution in [0.1, 0.15) is 6.92 Å². The number of morpholine rings is 1. The molecular formula is C10H23Cl2N3O. The summed E-state index contributed by atoms with van der Waals surface area (Å²) in [7, 11) is 0. The van der Waals surface area contributed by atoms with E-state index in [9.17, 15) is 0 Å². The van der Waals surface area contributed by atoms with Gasteiger partial charge in [-0.1, -0.05) is 0 Å². The fourth-order valence-corrected chi connectivity index (χ4v) is 2.16. The van der Waals surface area contributed by atoms with Crippen molar-refractivity contribution < 1.29 is 4.74 Å². The van der Waals surface area contributed by atoms with E-state index in [1.165, 1.54) is 0 Å². The molecule has 0 aromatic heterocycles. The lowest BCUT2D eigenvalue weighted by Gasteiger charge is -2.37. The van der Waals surface area contributed by atoms with Gasteiger partial charge in [0, 0.05) is 44.8 Å². The van der Waals surface area contributed by atoms with Crippen LogP contribution in [0.2, 0.25) is 0 Å². The number of nitrogens with one attached hydrogen (secondary N) is 2. The summed E-state index contributed by atoms with van der Waals surface area (Å²) in [6, 6.07) is 1.19. The second-order valence-electron chi connectivity index (χ2n) is 4.27. The van der Waals surface area contributed by atoms with Crippen LogP contribution in [0.4, 0.5) is 0 Å². The molecule has 0 spiro atoms. The van der Waals surface area contributed by atoms with Gasteiger partial charge in [-0.25, -0.2) is 0 Å². The Bertz CT molecular complexity index is 179. The number of halogens is 2. The molecule has 4 nitrogen and oxygen atoms in total. The Morgan fingerprint density at radius 1 is 1.31 bits per heavy atom. The summed E-state index contributed by atoms with van der Waals surface area (Å²) in [6.07, 6.45) is 0. The minimum absolute atomic E-state index is 0. The quantitative estimate of drug-likeness (QED) is 0.748. The lowest BCUT2D eigenvalue weighted by molar-refractivity contribution is -0.00487. The van der Waals surface area contributed by atoms with E-state index >= 15 is 0 Å². The molecule has 0 bridgehead atoms. The maximum atomic E-state index is 5.42.